The largest absolute Gasteiger partial charge is 0.464 e. The minimum absolute atomic E-state index is 0.914. The molecule has 2 heteroatoms. The maximum atomic E-state index is 5.68. The molecule has 0 radical (unpaired) electrons. The Hall–Kier alpha value is -3.78. The van der Waals surface area contributed by atoms with Gasteiger partial charge in [0, 0.05) is 27.9 Å². The van der Waals surface area contributed by atoms with Crippen LogP contribution in [0.3, 0.4) is 0 Å². The average molecular weight is 359 g/mol. The van der Waals surface area contributed by atoms with E-state index >= 15 is 0 Å². The molecule has 0 bridgehead atoms. The molecule has 0 aliphatic carbocycles. The van der Waals surface area contributed by atoms with Crippen molar-refractivity contribution in [2.24, 2.45) is 0 Å². The summed E-state index contributed by atoms with van der Waals surface area (Å²) in [6.07, 6.45) is 1.75. The monoisotopic (exact) mass is 359 g/mol. The number of para-hydroxylation sites is 1. The highest BCUT2D eigenvalue weighted by atomic mass is 16.3. The number of fused-ring (bicyclic) bond motifs is 4. The van der Waals surface area contributed by atoms with Crippen molar-refractivity contribution in [2.45, 2.75) is 0 Å². The molecule has 6 aromatic rings. The lowest BCUT2D eigenvalue weighted by Crippen LogP contribution is -1.93. The molecular formula is C26H17NO. The molecule has 0 amide bonds. The Morgan fingerprint density at radius 1 is 0.571 bits per heavy atom. The molecule has 0 aliphatic rings. The molecule has 0 spiro atoms. The summed E-state index contributed by atoms with van der Waals surface area (Å²) in [7, 11) is 0. The second kappa shape index (κ2) is 5.86. The van der Waals surface area contributed by atoms with Crippen molar-refractivity contribution in [3.05, 3.63) is 103 Å². The van der Waals surface area contributed by atoms with Gasteiger partial charge in [-0.25, -0.2) is 0 Å². The highest BCUT2D eigenvalue weighted by Gasteiger charge is 2.14. The van der Waals surface area contributed by atoms with E-state index in [1.807, 2.05) is 12.1 Å². The number of aromatic nitrogens is 1. The van der Waals surface area contributed by atoms with E-state index in [1.54, 1.807) is 6.26 Å². The van der Waals surface area contributed by atoms with E-state index in [-0.39, 0.29) is 0 Å². The fraction of sp³-hybridized carbons (Fsp3) is 0. The molecule has 6 rings (SSSR count). The zero-order valence-electron chi connectivity index (χ0n) is 15.2. The SMILES string of the molecule is c1ccc(-c2ccc(-n3c4ccccc4c4cc5ccoc5cc43)cc2)cc1. The number of furan rings is 1. The normalized spacial score (nSPS) is 11.6. The summed E-state index contributed by atoms with van der Waals surface area (Å²) in [5.74, 6) is 0. The van der Waals surface area contributed by atoms with Crippen LogP contribution >= 0.6 is 0 Å². The summed E-state index contributed by atoms with van der Waals surface area (Å²) in [6.45, 7) is 0. The Balaban J connectivity index is 1.62. The topological polar surface area (TPSA) is 18.1 Å². The van der Waals surface area contributed by atoms with E-state index in [1.165, 1.54) is 27.4 Å². The van der Waals surface area contributed by atoms with Gasteiger partial charge in [-0.05, 0) is 41.5 Å². The average Bonchev–Trinajstić information content (AvgIpc) is 3.35. The number of benzene rings is 4. The van der Waals surface area contributed by atoms with Gasteiger partial charge in [-0.3, -0.25) is 0 Å². The third-order valence-electron chi connectivity index (χ3n) is 5.48. The third-order valence-corrected chi connectivity index (χ3v) is 5.48. The highest BCUT2D eigenvalue weighted by Crippen LogP contribution is 2.35. The van der Waals surface area contributed by atoms with Gasteiger partial charge in [0.1, 0.15) is 5.58 Å². The Morgan fingerprint density at radius 3 is 2.18 bits per heavy atom. The Morgan fingerprint density at radius 2 is 1.32 bits per heavy atom. The smallest absolute Gasteiger partial charge is 0.135 e. The van der Waals surface area contributed by atoms with Crippen molar-refractivity contribution < 1.29 is 4.42 Å². The molecule has 4 aromatic carbocycles. The minimum Gasteiger partial charge on any atom is -0.464 e. The molecular weight excluding hydrogens is 342 g/mol. The van der Waals surface area contributed by atoms with Gasteiger partial charge in [0.2, 0.25) is 0 Å². The molecule has 0 saturated heterocycles. The van der Waals surface area contributed by atoms with Crippen LogP contribution in [0.15, 0.2) is 108 Å². The van der Waals surface area contributed by atoms with Gasteiger partial charge in [0.15, 0.2) is 0 Å². The second-order valence-electron chi connectivity index (χ2n) is 7.09. The van der Waals surface area contributed by atoms with Crippen molar-refractivity contribution in [3.8, 4) is 16.8 Å². The van der Waals surface area contributed by atoms with E-state index in [0.29, 0.717) is 0 Å². The summed E-state index contributed by atoms with van der Waals surface area (Å²) in [5, 5.41) is 3.64. The molecule has 2 nitrogen and oxygen atoms in total. The maximum absolute atomic E-state index is 5.68. The molecule has 0 N–H and O–H groups in total. The lowest BCUT2D eigenvalue weighted by molar-refractivity contribution is 0.616. The number of rotatable bonds is 2. The Kier molecular flexibility index (Phi) is 3.20. The van der Waals surface area contributed by atoms with Gasteiger partial charge in [0.05, 0.1) is 17.3 Å². The fourth-order valence-corrected chi connectivity index (χ4v) is 4.14. The van der Waals surface area contributed by atoms with Gasteiger partial charge in [0.25, 0.3) is 0 Å². The van der Waals surface area contributed by atoms with E-state index in [2.05, 4.69) is 89.5 Å². The molecule has 0 saturated carbocycles. The van der Waals surface area contributed by atoms with Crippen molar-refractivity contribution >= 4 is 32.8 Å². The Bertz CT molecular complexity index is 1440. The Labute approximate surface area is 162 Å². The molecule has 0 aliphatic heterocycles. The predicted octanol–water partition coefficient (Wildman–Crippen LogP) is 7.20. The van der Waals surface area contributed by atoms with Crippen molar-refractivity contribution in [1.29, 1.82) is 0 Å². The lowest BCUT2D eigenvalue weighted by Gasteiger charge is -2.09. The van der Waals surface area contributed by atoms with Crippen LogP contribution in [0, 0.1) is 0 Å². The zero-order chi connectivity index (χ0) is 18.5. The first kappa shape index (κ1) is 15.3. The molecule has 0 atom stereocenters. The zero-order valence-corrected chi connectivity index (χ0v) is 15.2. The van der Waals surface area contributed by atoms with Crippen LogP contribution in [0.5, 0.6) is 0 Å². The van der Waals surface area contributed by atoms with Crippen LogP contribution in [0.2, 0.25) is 0 Å². The van der Waals surface area contributed by atoms with E-state index in [0.717, 1.165) is 22.2 Å². The first-order valence-electron chi connectivity index (χ1n) is 9.45. The number of hydrogen-bond acceptors (Lipinski definition) is 1. The van der Waals surface area contributed by atoms with Crippen LogP contribution in [0.25, 0.3) is 49.6 Å². The predicted molar refractivity (Wildman–Crippen MR) is 116 cm³/mol. The fourth-order valence-electron chi connectivity index (χ4n) is 4.14. The summed E-state index contributed by atoms with van der Waals surface area (Å²) < 4.78 is 8.00. The van der Waals surface area contributed by atoms with E-state index < -0.39 is 0 Å². The van der Waals surface area contributed by atoms with Gasteiger partial charge in [-0.15, -0.1) is 0 Å². The first-order chi connectivity index (χ1) is 13.9. The van der Waals surface area contributed by atoms with Crippen LogP contribution in [-0.2, 0) is 0 Å². The second-order valence-corrected chi connectivity index (χ2v) is 7.09. The van der Waals surface area contributed by atoms with Crippen LogP contribution in [0.1, 0.15) is 0 Å². The van der Waals surface area contributed by atoms with Gasteiger partial charge in [-0.1, -0.05) is 60.7 Å². The van der Waals surface area contributed by atoms with Crippen molar-refractivity contribution in [1.82, 2.24) is 4.57 Å². The van der Waals surface area contributed by atoms with E-state index in [4.69, 9.17) is 4.42 Å². The number of nitrogens with zero attached hydrogens (tertiary/aromatic N) is 1. The highest BCUT2D eigenvalue weighted by molar-refractivity contribution is 6.12. The van der Waals surface area contributed by atoms with Gasteiger partial charge < -0.3 is 8.98 Å². The van der Waals surface area contributed by atoms with Crippen LogP contribution < -0.4 is 0 Å². The standard InChI is InChI=1S/C26H17NO/c1-2-6-18(7-3-1)19-10-12-21(13-11-19)27-24-9-5-4-8-22(24)23-16-20-14-15-28-26(20)17-25(23)27/h1-17H. The molecule has 0 unspecified atom stereocenters. The summed E-state index contributed by atoms with van der Waals surface area (Å²) in [5.41, 5.74) is 6.88. The summed E-state index contributed by atoms with van der Waals surface area (Å²) in [6, 6.07) is 34.2. The first-order valence-corrected chi connectivity index (χ1v) is 9.45. The minimum atomic E-state index is 0.914. The van der Waals surface area contributed by atoms with Gasteiger partial charge in [-0.2, -0.15) is 0 Å². The molecule has 0 fully saturated rings. The summed E-state index contributed by atoms with van der Waals surface area (Å²) in [4.78, 5) is 0. The number of hydrogen-bond donors (Lipinski definition) is 0. The third kappa shape index (κ3) is 2.21. The lowest BCUT2D eigenvalue weighted by atomic mass is 10.1. The molecule has 28 heavy (non-hydrogen) atoms. The van der Waals surface area contributed by atoms with E-state index in [9.17, 15) is 0 Å². The van der Waals surface area contributed by atoms with Crippen molar-refractivity contribution in [3.63, 3.8) is 0 Å². The molecule has 2 heterocycles. The van der Waals surface area contributed by atoms with Crippen LogP contribution in [-0.4, -0.2) is 4.57 Å². The summed E-state index contributed by atoms with van der Waals surface area (Å²) >= 11 is 0. The maximum Gasteiger partial charge on any atom is 0.135 e. The van der Waals surface area contributed by atoms with Crippen LogP contribution in [0.4, 0.5) is 0 Å². The van der Waals surface area contributed by atoms with Crippen molar-refractivity contribution in [2.75, 3.05) is 0 Å². The quantitative estimate of drug-likeness (QED) is 0.320. The molecule has 132 valence electrons. The molecule has 2 aromatic heterocycles. The van der Waals surface area contributed by atoms with Gasteiger partial charge >= 0.3 is 0 Å².